The van der Waals surface area contributed by atoms with E-state index in [1.165, 1.54) is 30.2 Å². The largest absolute Gasteiger partial charge is 0.313 e. The fourth-order valence-corrected chi connectivity index (χ4v) is 4.88. The van der Waals surface area contributed by atoms with Gasteiger partial charge >= 0.3 is 0 Å². The molecule has 1 aromatic heterocycles. The standard InChI is InChI=1S/C20H17Cl2N3O2S/c21-15-10-9-13(11-16(15)22)19-12-28-20(24(19)14-5-1-2-6-14)23-17-7-3-4-8-18(17)25(26)27/h3-4,7-12,14H,1-2,5-6H2. The zero-order chi connectivity index (χ0) is 19.7. The van der Waals surface area contributed by atoms with Gasteiger partial charge in [0.05, 0.1) is 20.7 Å². The van der Waals surface area contributed by atoms with Crippen LogP contribution in [0.1, 0.15) is 31.7 Å². The van der Waals surface area contributed by atoms with E-state index in [0.717, 1.165) is 28.9 Å². The molecule has 1 fully saturated rings. The zero-order valence-electron chi connectivity index (χ0n) is 14.8. The smallest absolute Gasteiger partial charge is 0.294 e. The fourth-order valence-electron chi connectivity index (χ4n) is 3.60. The molecule has 0 spiro atoms. The van der Waals surface area contributed by atoms with Gasteiger partial charge in [0.1, 0.15) is 5.69 Å². The lowest BCUT2D eigenvalue weighted by atomic mass is 10.1. The number of nitro benzene ring substituents is 1. The molecule has 4 rings (SSSR count). The first-order chi connectivity index (χ1) is 13.5. The second-order valence-electron chi connectivity index (χ2n) is 6.70. The summed E-state index contributed by atoms with van der Waals surface area (Å²) in [5, 5.41) is 14.4. The van der Waals surface area contributed by atoms with E-state index in [0.29, 0.717) is 21.8 Å². The molecule has 5 nitrogen and oxygen atoms in total. The quantitative estimate of drug-likeness (QED) is 0.336. The molecule has 0 unspecified atom stereocenters. The minimum absolute atomic E-state index is 0.00459. The number of nitrogens with zero attached hydrogens (tertiary/aromatic N) is 3. The number of nitro groups is 1. The van der Waals surface area contributed by atoms with Crippen molar-refractivity contribution in [1.82, 2.24) is 4.57 Å². The second kappa shape index (κ2) is 8.07. The second-order valence-corrected chi connectivity index (χ2v) is 8.35. The van der Waals surface area contributed by atoms with Crippen LogP contribution in [-0.4, -0.2) is 9.49 Å². The zero-order valence-corrected chi connectivity index (χ0v) is 17.2. The highest BCUT2D eigenvalue weighted by atomic mass is 35.5. The van der Waals surface area contributed by atoms with Crippen LogP contribution in [0, 0.1) is 10.1 Å². The molecule has 28 heavy (non-hydrogen) atoms. The van der Waals surface area contributed by atoms with E-state index in [9.17, 15) is 10.1 Å². The Kier molecular flexibility index (Phi) is 5.53. The van der Waals surface area contributed by atoms with Crippen LogP contribution in [0.2, 0.25) is 10.0 Å². The molecule has 1 heterocycles. The molecule has 0 radical (unpaired) electrons. The van der Waals surface area contributed by atoms with Gasteiger partial charge in [-0.1, -0.05) is 54.2 Å². The predicted octanol–water partition coefficient (Wildman–Crippen LogP) is 6.78. The number of rotatable bonds is 4. The molecule has 0 saturated heterocycles. The van der Waals surface area contributed by atoms with Gasteiger partial charge in [-0.3, -0.25) is 10.1 Å². The van der Waals surface area contributed by atoms with Crippen LogP contribution in [-0.2, 0) is 0 Å². The van der Waals surface area contributed by atoms with Crippen LogP contribution in [0.25, 0.3) is 11.3 Å². The molecule has 1 aliphatic carbocycles. The molecule has 144 valence electrons. The molecule has 1 aliphatic rings. The highest BCUT2D eigenvalue weighted by Crippen LogP contribution is 2.35. The topological polar surface area (TPSA) is 60.4 Å². The van der Waals surface area contributed by atoms with Crippen molar-refractivity contribution >= 4 is 45.9 Å². The fraction of sp³-hybridized carbons (Fsp3) is 0.250. The van der Waals surface area contributed by atoms with Gasteiger partial charge in [0.25, 0.3) is 5.69 Å². The molecular formula is C20H17Cl2N3O2S. The van der Waals surface area contributed by atoms with Crippen LogP contribution >= 0.6 is 34.5 Å². The number of hydrogen-bond acceptors (Lipinski definition) is 4. The number of halogens is 2. The lowest BCUT2D eigenvalue weighted by molar-refractivity contribution is -0.384. The minimum atomic E-state index is -0.397. The van der Waals surface area contributed by atoms with Crippen molar-refractivity contribution < 1.29 is 4.92 Å². The van der Waals surface area contributed by atoms with Crippen LogP contribution in [0.4, 0.5) is 11.4 Å². The van der Waals surface area contributed by atoms with E-state index >= 15 is 0 Å². The maximum atomic E-state index is 11.4. The van der Waals surface area contributed by atoms with Gasteiger partial charge in [-0.2, -0.15) is 0 Å². The average Bonchev–Trinajstić information content (AvgIpc) is 3.34. The van der Waals surface area contributed by atoms with E-state index in [2.05, 4.69) is 9.56 Å². The average molecular weight is 434 g/mol. The molecule has 0 bridgehead atoms. The number of thiazole rings is 1. The van der Waals surface area contributed by atoms with Crippen LogP contribution in [0.5, 0.6) is 0 Å². The highest BCUT2D eigenvalue weighted by Gasteiger charge is 2.22. The SMILES string of the molecule is O=[N+]([O-])c1ccccc1N=c1scc(-c2ccc(Cl)c(Cl)c2)n1C1CCCC1. The van der Waals surface area contributed by atoms with Crippen molar-refractivity contribution in [3.8, 4) is 11.3 Å². The van der Waals surface area contributed by atoms with Crippen LogP contribution in [0.15, 0.2) is 52.8 Å². The Bertz CT molecular complexity index is 1100. The van der Waals surface area contributed by atoms with Crippen molar-refractivity contribution in [3.63, 3.8) is 0 Å². The normalized spacial score (nSPS) is 15.3. The van der Waals surface area contributed by atoms with Crippen molar-refractivity contribution in [2.75, 3.05) is 0 Å². The molecule has 0 amide bonds. The third-order valence-corrected chi connectivity index (χ3v) is 6.52. The molecule has 0 N–H and O–H groups in total. The summed E-state index contributed by atoms with van der Waals surface area (Å²) < 4.78 is 2.20. The Morgan fingerprint density at radius 2 is 1.86 bits per heavy atom. The highest BCUT2D eigenvalue weighted by molar-refractivity contribution is 7.07. The summed E-state index contributed by atoms with van der Waals surface area (Å²) in [6.07, 6.45) is 4.46. The van der Waals surface area contributed by atoms with Gasteiger partial charge in [0.15, 0.2) is 4.80 Å². The number of benzene rings is 2. The molecular weight excluding hydrogens is 417 g/mol. The maximum Gasteiger partial charge on any atom is 0.294 e. The lowest BCUT2D eigenvalue weighted by Gasteiger charge is -2.16. The molecule has 0 aliphatic heterocycles. The summed E-state index contributed by atoms with van der Waals surface area (Å²) in [5.74, 6) is 0. The lowest BCUT2D eigenvalue weighted by Crippen LogP contribution is -2.20. The summed E-state index contributed by atoms with van der Waals surface area (Å²) in [6.45, 7) is 0. The summed E-state index contributed by atoms with van der Waals surface area (Å²) in [7, 11) is 0. The first kappa shape index (κ1) is 19.2. The van der Waals surface area contributed by atoms with Gasteiger partial charge in [0.2, 0.25) is 0 Å². The van der Waals surface area contributed by atoms with Crippen molar-refractivity contribution in [1.29, 1.82) is 0 Å². The van der Waals surface area contributed by atoms with E-state index in [-0.39, 0.29) is 5.69 Å². The Hall–Kier alpha value is -2.15. The minimum Gasteiger partial charge on any atom is -0.313 e. The monoisotopic (exact) mass is 433 g/mol. The van der Waals surface area contributed by atoms with E-state index in [1.54, 1.807) is 24.3 Å². The van der Waals surface area contributed by atoms with Crippen LogP contribution < -0.4 is 4.80 Å². The number of aromatic nitrogens is 1. The first-order valence-corrected chi connectivity index (χ1v) is 10.6. The summed E-state index contributed by atoms with van der Waals surface area (Å²) in [6, 6.07) is 12.5. The third kappa shape index (κ3) is 3.72. The van der Waals surface area contributed by atoms with Gasteiger partial charge in [-0.15, -0.1) is 11.3 Å². The maximum absolute atomic E-state index is 11.4. The van der Waals surface area contributed by atoms with E-state index in [4.69, 9.17) is 23.2 Å². The number of hydrogen-bond donors (Lipinski definition) is 0. The Labute approximate surface area is 176 Å². The molecule has 2 aromatic carbocycles. The number of para-hydroxylation sites is 2. The summed E-state index contributed by atoms with van der Waals surface area (Å²) >= 11 is 13.8. The summed E-state index contributed by atoms with van der Waals surface area (Å²) in [4.78, 5) is 16.4. The Morgan fingerprint density at radius 3 is 2.57 bits per heavy atom. The third-order valence-electron chi connectivity index (χ3n) is 4.94. The van der Waals surface area contributed by atoms with Crippen molar-refractivity contribution in [2.45, 2.75) is 31.7 Å². The Morgan fingerprint density at radius 1 is 1.11 bits per heavy atom. The first-order valence-electron chi connectivity index (χ1n) is 8.98. The summed E-state index contributed by atoms with van der Waals surface area (Å²) in [5.41, 5.74) is 2.33. The molecule has 0 atom stereocenters. The van der Waals surface area contributed by atoms with E-state index in [1.807, 2.05) is 17.5 Å². The van der Waals surface area contributed by atoms with Gasteiger partial charge in [-0.05, 0) is 31.0 Å². The van der Waals surface area contributed by atoms with Gasteiger partial charge in [0, 0.05) is 23.1 Å². The molecule has 3 aromatic rings. The van der Waals surface area contributed by atoms with Crippen molar-refractivity contribution in [3.05, 3.63) is 72.8 Å². The Balaban J connectivity index is 1.90. The molecule has 1 saturated carbocycles. The van der Waals surface area contributed by atoms with E-state index < -0.39 is 4.92 Å². The van der Waals surface area contributed by atoms with Gasteiger partial charge < -0.3 is 4.57 Å². The van der Waals surface area contributed by atoms with Crippen LogP contribution in [0.3, 0.4) is 0 Å². The van der Waals surface area contributed by atoms with Gasteiger partial charge in [-0.25, -0.2) is 4.99 Å². The predicted molar refractivity (Wildman–Crippen MR) is 114 cm³/mol. The molecule has 8 heteroatoms. The van der Waals surface area contributed by atoms with Crippen molar-refractivity contribution in [2.24, 2.45) is 4.99 Å².